The summed E-state index contributed by atoms with van der Waals surface area (Å²) in [7, 11) is 0. The molecule has 0 saturated heterocycles. The lowest BCUT2D eigenvalue weighted by Gasteiger charge is -2.07. The maximum atomic E-state index is 11.9. The molecule has 0 aliphatic rings. The highest BCUT2D eigenvalue weighted by Gasteiger charge is 2.08. The minimum absolute atomic E-state index is 0.227. The maximum absolute atomic E-state index is 11.9. The van der Waals surface area contributed by atoms with E-state index in [-0.39, 0.29) is 11.0 Å². The fraction of sp³-hybridized carbons (Fsp3) is 0.154. The second-order valence-electron chi connectivity index (χ2n) is 4.07. The van der Waals surface area contributed by atoms with Gasteiger partial charge in [0.05, 0.1) is 5.69 Å². The third kappa shape index (κ3) is 3.84. The van der Waals surface area contributed by atoms with Gasteiger partial charge in [0.15, 0.2) is 10.2 Å². The molecule has 0 radical (unpaired) electrons. The molecular formula is C13H13N3OS2. The van der Waals surface area contributed by atoms with E-state index in [9.17, 15) is 4.79 Å². The van der Waals surface area contributed by atoms with Crippen LogP contribution in [-0.4, -0.2) is 16.0 Å². The number of aryl methyl sites for hydroxylation is 2. The zero-order valence-electron chi connectivity index (χ0n) is 10.6. The van der Waals surface area contributed by atoms with Crippen LogP contribution in [0.4, 0.5) is 5.13 Å². The molecule has 2 rings (SSSR count). The van der Waals surface area contributed by atoms with E-state index in [2.05, 4.69) is 15.6 Å². The first-order valence-corrected chi connectivity index (χ1v) is 6.94. The van der Waals surface area contributed by atoms with E-state index >= 15 is 0 Å². The van der Waals surface area contributed by atoms with Gasteiger partial charge in [0.1, 0.15) is 0 Å². The highest BCUT2D eigenvalue weighted by molar-refractivity contribution is 7.80. The van der Waals surface area contributed by atoms with E-state index in [1.54, 1.807) is 6.07 Å². The van der Waals surface area contributed by atoms with Gasteiger partial charge in [0, 0.05) is 10.9 Å². The molecule has 0 spiro atoms. The van der Waals surface area contributed by atoms with Gasteiger partial charge in [-0.05, 0) is 38.2 Å². The smallest absolute Gasteiger partial charge is 0.257 e. The van der Waals surface area contributed by atoms with E-state index in [1.165, 1.54) is 11.3 Å². The Balaban J connectivity index is 1.97. The number of thiazole rings is 1. The largest absolute Gasteiger partial charge is 0.308 e. The molecule has 19 heavy (non-hydrogen) atoms. The predicted molar refractivity (Wildman–Crippen MR) is 81.7 cm³/mol. The second kappa shape index (κ2) is 5.90. The number of nitrogens with one attached hydrogen (secondary N) is 2. The van der Waals surface area contributed by atoms with Crippen molar-refractivity contribution in [2.75, 3.05) is 5.32 Å². The van der Waals surface area contributed by atoms with E-state index in [1.807, 2.05) is 37.4 Å². The molecular weight excluding hydrogens is 278 g/mol. The van der Waals surface area contributed by atoms with Crippen molar-refractivity contribution in [2.45, 2.75) is 13.8 Å². The second-order valence-corrected chi connectivity index (χ2v) is 5.34. The molecule has 6 heteroatoms. The summed E-state index contributed by atoms with van der Waals surface area (Å²) in [5.74, 6) is -0.227. The third-order valence-corrected chi connectivity index (χ3v) is 3.43. The van der Waals surface area contributed by atoms with Gasteiger partial charge in [-0.1, -0.05) is 17.7 Å². The van der Waals surface area contributed by atoms with Gasteiger partial charge in [0.2, 0.25) is 0 Å². The lowest BCUT2D eigenvalue weighted by molar-refractivity contribution is 0.0977. The SMILES string of the molecule is Cc1cccc(C(=O)NC(=S)Nc2nc(C)cs2)c1. The Morgan fingerprint density at radius 1 is 1.37 bits per heavy atom. The van der Waals surface area contributed by atoms with Crippen molar-refractivity contribution in [1.29, 1.82) is 0 Å². The standard InChI is InChI=1S/C13H13N3OS2/c1-8-4-3-5-10(6-8)11(17)15-12(18)16-13-14-9(2)7-19-13/h3-7H,1-2H3,(H2,14,15,16,17,18). The van der Waals surface area contributed by atoms with Crippen LogP contribution in [0.1, 0.15) is 21.6 Å². The number of nitrogens with zero attached hydrogens (tertiary/aromatic N) is 1. The summed E-state index contributed by atoms with van der Waals surface area (Å²) in [5, 5.41) is 8.35. The van der Waals surface area contributed by atoms with Crippen LogP contribution in [0.15, 0.2) is 29.6 Å². The molecule has 98 valence electrons. The Morgan fingerprint density at radius 2 is 2.16 bits per heavy atom. The van der Waals surface area contributed by atoms with Crippen LogP contribution in [0.3, 0.4) is 0 Å². The lowest BCUT2D eigenvalue weighted by atomic mass is 10.1. The molecule has 1 aromatic heterocycles. The first-order valence-electron chi connectivity index (χ1n) is 5.66. The van der Waals surface area contributed by atoms with E-state index in [4.69, 9.17) is 12.2 Å². The molecule has 0 aliphatic heterocycles. The maximum Gasteiger partial charge on any atom is 0.257 e. The Morgan fingerprint density at radius 3 is 2.79 bits per heavy atom. The Bertz CT molecular complexity index is 622. The summed E-state index contributed by atoms with van der Waals surface area (Å²) in [4.78, 5) is 16.2. The van der Waals surface area contributed by atoms with Crippen molar-refractivity contribution in [1.82, 2.24) is 10.3 Å². The van der Waals surface area contributed by atoms with Gasteiger partial charge >= 0.3 is 0 Å². The Kier molecular flexibility index (Phi) is 4.24. The van der Waals surface area contributed by atoms with Gasteiger partial charge < -0.3 is 5.32 Å². The van der Waals surface area contributed by atoms with Gasteiger partial charge in [-0.25, -0.2) is 4.98 Å². The first-order chi connectivity index (χ1) is 9.04. The average molecular weight is 291 g/mol. The fourth-order valence-electron chi connectivity index (χ4n) is 1.50. The van der Waals surface area contributed by atoms with Crippen LogP contribution in [0.2, 0.25) is 0 Å². The van der Waals surface area contributed by atoms with Crippen molar-refractivity contribution in [3.05, 3.63) is 46.5 Å². The molecule has 0 atom stereocenters. The molecule has 4 nitrogen and oxygen atoms in total. The van der Waals surface area contributed by atoms with Crippen LogP contribution >= 0.6 is 23.6 Å². The van der Waals surface area contributed by atoms with Gasteiger partial charge in [-0.15, -0.1) is 11.3 Å². The molecule has 1 heterocycles. The number of carbonyl (C=O) groups is 1. The molecule has 2 aromatic rings. The monoisotopic (exact) mass is 291 g/mol. The summed E-state index contributed by atoms with van der Waals surface area (Å²) in [6, 6.07) is 7.33. The predicted octanol–water partition coefficient (Wildman–Crippen LogP) is 2.89. The molecule has 0 aliphatic carbocycles. The molecule has 1 amide bonds. The number of hydrogen-bond acceptors (Lipinski definition) is 4. The summed E-state index contributed by atoms with van der Waals surface area (Å²) < 4.78 is 0. The highest BCUT2D eigenvalue weighted by Crippen LogP contribution is 2.14. The summed E-state index contributed by atoms with van der Waals surface area (Å²) in [6.45, 7) is 3.84. The molecule has 2 N–H and O–H groups in total. The van der Waals surface area contributed by atoms with E-state index < -0.39 is 0 Å². The summed E-state index contributed by atoms with van der Waals surface area (Å²) in [5.41, 5.74) is 2.53. The molecule has 0 saturated carbocycles. The lowest BCUT2D eigenvalue weighted by Crippen LogP contribution is -2.34. The van der Waals surface area contributed by atoms with Crippen LogP contribution in [0.5, 0.6) is 0 Å². The van der Waals surface area contributed by atoms with Crippen LogP contribution in [-0.2, 0) is 0 Å². The molecule has 0 bridgehead atoms. The minimum atomic E-state index is -0.227. The number of amides is 1. The van der Waals surface area contributed by atoms with Crippen molar-refractivity contribution in [3.63, 3.8) is 0 Å². The third-order valence-electron chi connectivity index (χ3n) is 2.35. The summed E-state index contributed by atoms with van der Waals surface area (Å²) in [6.07, 6.45) is 0. The average Bonchev–Trinajstić information content (AvgIpc) is 2.74. The normalized spacial score (nSPS) is 10.0. The van der Waals surface area contributed by atoms with Gasteiger partial charge in [0.25, 0.3) is 5.91 Å². The molecule has 1 aromatic carbocycles. The van der Waals surface area contributed by atoms with Crippen LogP contribution < -0.4 is 10.6 Å². The van der Waals surface area contributed by atoms with Crippen LogP contribution in [0.25, 0.3) is 0 Å². The number of hydrogen-bond donors (Lipinski definition) is 2. The topological polar surface area (TPSA) is 54.0 Å². The van der Waals surface area contributed by atoms with Crippen molar-refractivity contribution < 1.29 is 4.79 Å². The molecule has 0 unspecified atom stereocenters. The Hall–Kier alpha value is -1.79. The van der Waals surface area contributed by atoms with Gasteiger partial charge in [-0.3, -0.25) is 10.1 Å². The summed E-state index contributed by atoms with van der Waals surface area (Å²) >= 11 is 6.52. The quantitative estimate of drug-likeness (QED) is 0.835. The zero-order chi connectivity index (χ0) is 13.8. The zero-order valence-corrected chi connectivity index (χ0v) is 12.2. The number of rotatable bonds is 2. The molecule has 0 fully saturated rings. The number of benzene rings is 1. The number of carbonyl (C=O) groups excluding carboxylic acids is 1. The van der Waals surface area contributed by atoms with Crippen molar-refractivity contribution >= 4 is 39.7 Å². The van der Waals surface area contributed by atoms with E-state index in [0.717, 1.165) is 11.3 Å². The number of anilines is 1. The van der Waals surface area contributed by atoms with Crippen molar-refractivity contribution in [3.8, 4) is 0 Å². The Labute approximate surface area is 120 Å². The number of thiocarbonyl (C=S) groups is 1. The highest BCUT2D eigenvalue weighted by atomic mass is 32.1. The minimum Gasteiger partial charge on any atom is -0.308 e. The number of aromatic nitrogens is 1. The van der Waals surface area contributed by atoms with E-state index in [0.29, 0.717) is 10.7 Å². The fourth-order valence-corrected chi connectivity index (χ4v) is 2.45. The van der Waals surface area contributed by atoms with Gasteiger partial charge in [-0.2, -0.15) is 0 Å². The van der Waals surface area contributed by atoms with Crippen LogP contribution in [0, 0.1) is 13.8 Å². The van der Waals surface area contributed by atoms with Crippen molar-refractivity contribution in [2.24, 2.45) is 0 Å². The first kappa shape index (κ1) is 13.6.